The second-order valence-corrected chi connectivity index (χ2v) is 6.09. The van der Waals surface area contributed by atoms with Gasteiger partial charge < -0.3 is 10.3 Å². The smallest absolute Gasteiger partial charge is 0.271 e. The summed E-state index contributed by atoms with van der Waals surface area (Å²) >= 11 is 5.97. The molecule has 25 heavy (non-hydrogen) atoms. The van der Waals surface area contributed by atoms with Crippen molar-refractivity contribution >= 4 is 34.3 Å². The zero-order valence-electron chi connectivity index (χ0n) is 13.2. The molecule has 0 saturated carbocycles. The number of hydrogen-bond donors (Lipinski definition) is 2. The molecule has 0 radical (unpaired) electrons. The van der Waals surface area contributed by atoms with Gasteiger partial charge in [0.05, 0.1) is 11.0 Å². The molecule has 126 valence electrons. The third-order valence-corrected chi connectivity index (χ3v) is 4.07. The van der Waals surface area contributed by atoms with E-state index in [0.29, 0.717) is 23.0 Å². The number of rotatable bonds is 5. The predicted molar refractivity (Wildman–Crippen MR) is 94.7 cm³/mol. The monoisotopic (exact) mass is 354 g/mol. The number of carbonyl (C=O) groups is 1. The second-order valence-electron chi connectivity index (χ2n) is 5.66. The lowest BCUT2D eigenvalue weighted by atomic mass is 10.3. The van der Waals surface area contributed by atoms with E-state index in [2.05, 4.69) is 25.3 Å². The molecule has 2 N–H and O–H groups in total. The molecule has 8 heteroatoms. The minimum atomic E-state index is -0.207. The lowest BCUT2D eigenvalue weighted by Crippen LogP contribution is -2.25. The van der Waals surface area contributed by atoms with Gasteiger partial charge in [-0.3, -0.25) is 9.20 Å². The standard InChI is InChI=1S/C17H15ClN6O/c18-11-4-5-12-13(9-11)22-15(21-12)3-1-6-19-16(25)14-10-24-8-2-7-20-17(24)23-14/h2,4-5,7-10H,1,3,6H2,(H,19,25)(H,21,22). The van der Waals surface area contributed by atoms with E-state index in [4.69, 9.17) is 11.6 Å². The molecule has 0 aliphatic heterocycles. The fraction of sp³-hybridized carbons (Fsp3) is 0.176. The summed E-state index contributed by atoms with van der Waals surface area (Å²) in [4.78, 5) is 28.2. The van der Waals surface area contributed by atoms with Crippen LogP contribution >= 0.6 is 11.6 Å². The van der Waals surface area contributed by atoms with Gasteiger partial charge in [-0.15, -0.1) is 0 Å². The molecule has 0 unspecified atom stereocenters. The van der Waals surface area contributed by atoms with Crippen LogP contribution < -0.4 is 5.32 Å². The number of aromatic nitrogens is 5. The van der Waals surface area contributed by atoms with Gasteiger partial charge in [0.25, 0.3) is 5.91 Å². The molecule has 3 heterocycles. The number of halogens is 1. The van der Waals surface area contributed by atoms with Crippen molar-refractivity contribution in [3.63, 3.8) is 0 Å². The van der Waals surface area contributed by atoms with Gasteiger partial charge in [0.2, 0.25) is 5.78 Å². The molecule has 0 spiro atoms. The summed E-state index contributed by atoms with van der Waals surface area (Å²) in [7, 11) is 0. The topological polar surface area (TPSA) is 88.0 Å². The minimum Gasteiger partial charge on any atom is -0.351 e. The summed E-state index contributed by atoms with van der Waals surface area (Å²) in [6, 6.07) is 7.35. The third-order valence-electron chi connectivity index (χ3n) is 3.84. The van der Waals surface area contributed by atoms with Crippen LogP contribution in [0.3, 0.4) is 0 Å². The fourth-order valence-electron chi connectivity index (χ4n) is 2.64. The number of nitrogens with zero attached hydrogens (tertiary/aromatic N) is 4. The highest BCUT2D eigenvalue weighted by atomic mass is 35.5. The van der Waals surface area contributed by atoms with Crippen molar-refractivity contribution in [2.24, 2.45) is 0 Å². The Morgan fingerprint density at radius 1 is 1.32 bits per heavy atom. The number of aryl methyl sites for hydroxylation is 1. The molecule has 0 fully saturated rings. The Balaban J connectivity index is 1.33. The molecule has 0 aliphatic rings. The van der Waals surface area contributed by atoms with Crippen LogP contribution in [-0.2, 0) is 6.42 Å². The summed E-state index contributed by atoms with van der Waals surface area (Å²) in [6.45, 7) is 0.540. The first-order valence-corrected chi connectivity index (χ1v) is 8.29. The summed E-state index contributed by atoms with van der Waals surface area (Å²) in [6.07, 6.45) is 6.62. The maximum absolute atomic E-state index is 12.2. The fourth-order valence-corrected chi connectivity index (χ4v) is 2.81. The molecule has 0 aliphatic carbocycles. The Hall–Kier alpha value is -2.93. The van der Waals surface area contributed by atoms with E-state index in [9.17, 15) is 4.79 Å². The SMILES string of the molecule is O=C(NCCCc1nc2ccc(Cl)cc2[nH]1)c1cn2cccnc2n1. The van der Waals surface area contributed by atoms with E-state index in [-0.39, 0.29) is 5.91 Å². The highest BCUT2D eigenvalue weighted by Gasteiger charge is 2.10. The van der Waals surface area contributed by atoms with Crippen molar-refractivity contribution in [3.05, 3.63) is 59.4 Å². The van der Waals surface area contributed by atoms with Crippen molar-refractivity contribution in [2.45, 2.75) is 12.8 Å². The van der Waals surface area contributed by atoms with Crippen LogP contribution in [-0.4, -0.2) is 36.8 Å². The number of aromatic amines is 1. The lowest BCUT2D eigenvalue weighted by molar-refractivity contribution is 0.0948. The van der Waals surface area contributed by atoms with Gasteiger partial charge in [-0.1, -0.05) is 11.6 Å². The molecule has 1 aromatic carbocycles. The van der Waals surface area contributed by atoms with Crippen LogP contribution in [0.15, 0.2) is 42.9 Å². The van der Waals surface area contributed by atoms with E-state index >= 15 is 0 Å². The zero-order chi connectivity index (χ0) is 17.2. The number of hydrogen-bond acceptors (Lipinski definition) is 4. The van der Waals surface area contributed by atoms with Gasteiger partial charge in [-0.2, -0.15) is 0 Å². The number of benzene rings is 1. The molecule has 0 atom stereocenters. The maximum Gasteiger partial charge on any atom is 0.271 e. The minimum absolute atomic E-state index is 0.207. The first-order valence-electron chi connectivity index (χ1n) is 7.91. The van der Waals surface area contributed by atoms with E-state index in [1.807, 2.05) is 18.2 Å². The van der Waals surface area contributed by atoms with E-state index in [1.165, 1.54) is 0 Å². The summed E-state index contributed by atoms with van der Waals surface area (Å²) < 4.78 is 1.72. The predicted octanol–water partition coefficient (Wildman–Crippen LogP) is 2.62. The number of imidazole rings is 2. The normalized spacial score (nSPS) is 11.2. The van der Waals surface area contributed by atoms with Crippen LogP contribution in [0.4, 0.5) is 0 Å². The first-order chi connectivity index (χ1) is 12.2. The second kappa shape index (κ2) is 6.52. The maximum atomic E-state index is 12.2. The van der Waals surface area contributed by atoms with Gasteiger partial charge in [-0.05, 0) is 30.7 Å². The van der Waals surface area contributed by atoms with Crippen LogP contribution in [0, 0.1) is 0 Å². The van der Waals surface area contributed by atoms with Gasteiger partial charge >= 0.3 is 0 Å². The highest BCUT2D eigenvalue weighted by Crippen LogP contribution is 2.17. The molecular formula is C17H15ClN6O. The number of H-pyrrole nitrogens is 1. The quantitative estimate of drug-likeness (QED) is 0.539. The summed E-state index contributed by atoms with van der Waals surface area (Å²) in [5, 5.41) is 3.55. The van der Waals surface area contributed by atoms with Crippen LogP contribution in [0.1, 0.15) is 22.7 Å². The molecule has 0 bridgehead atoms. The molecule has 0 saturated heterocycles. The van der Waals surface area contributed by atoms with Crippen LogP contribution in [0.25, 0.3) is 16.8 Å². The number of fused-ring (bicyclic) bond motifs is 2. The number of amides is 1. The zero-order valence-corrected chi connectivity index (χ0v) is 14.0. The average Bonchev–Trinajstić information content (AvgIpc) is 3.21. The van der Waals surface area contributed by atoms with E-state index in [0.717, 1.165) is 29.7 Å². The Kier molecular flexibility index (Phi) is 4.07. The lowest BCUT2D eigenvalue weighted by Gasteiger charge is -2.01. The Morgan fingerprint density at radius 2 is 2.24 bits per heavy atom. The van der Waals surface area contributed by atoms with Crippen molar-refractivity contribution in [1.29, 1.82) is 0 Å². The van der Waals surface area contributed by atoms with Crippen molar-refractivity contribution in [1.82, 2.24) is 29.7 Å². The molecule has 3 aromatic heterocycles. The Bertz CT molecular complexity index is 1020. The van der Waals surface area contributed by atoms with Crippen molar-refractivity contribution in [2.75, 3.05) is 6.54 Å². The van der Waals surface area contributed by atoms with E-state index < -0.39 is 0 Å². The van der Waals surface area contributed by atoms with Crippen molar-refractivity contribution < 1.29 is 4.79 Å². The Labute approximate surface area is 148 Å². The first kappa shape index (κ1) is 15.6. The van der Waals surface area contributed by atoms with Crippen LogP contribution in [0.2, 0.25) is 5.02 Å². The van der Waals surface area contributed by atoms with Gasteiger partial charge in [0.1, 0.15) is 11.5 Å². The summed E-state index contributed by atoms with van der Waals surface area (Å²) in [5.41, 5.74) is 2.17. The van der Waals surface area contributed by atoms with Gasteiger partial charge in [0.15, 0.2) is 0 Å². The van der Waals surface area contributed by atoms with Crippen LogP contribution in [0.5, 0.6) is 0 Å². The highest BCUT2D eigenvalue weighted by molar-refractivity contribution is 6.31. The van der Waals surface area contributed by atoms with Gasteiger partial charge in [0, 0.05) is 36.6 Å². The molecular weight excluding hydrogens is 340 g/mol. The van der Waals surface area contributed by atoms with E-state index in [1.54, 1.807) is 29.1 Å². The molecule has 4 rings (SSSR count). The Morgan fingerprint density at radius 3 is 3.12 bits per heavy atom. The van der Waals surface area contributed by atoms with Gasteiger partial charge in [-0.25, -0.2) is 15.0 Å². The number of carbonyl (C=O) groups excluding carboxylic acids is 1. The number of nitrogens with one attached hydrogen (secondary N) is 2. The van der Waals surface area contributed by atoms with Crippen molar-refractivity contribution in [3.8, 4) is 0 Å². The third kappa shape index (κ3) is 3.32. The largest absolute Gasteiger partial charge is 0.351 e. The molecule has 4 aromatic rings. The molecule has 1 amide bonds. The average molecular weight is 355 g/mol. The molecule has 7 nitrogen and oxygen atoms in total. The summed E-state index contributed by atoms with van der Waals surface area (Å²) in [5.74, 6) is 1.18.